The maximum Gasteiger partial charge on any atom is 0.257 e. The summed E-state index contributed by atoms with van der Waals surface area (Å²) in [5.74, 6) is 0.664. The third-order valence-corrected chi connectivity index (χ3v) is 3.32. The molecule has 0 aliphatic heterocycles. The van der Waals surface area contributed by atoms with Gasteiger partial charge in [0.1, 0.15) is 5.69 Å². The number of rotatable bonds is 7. The van der Waals surface area contributed by atoms with Crippen molar-refractivity contribution in [2.24, 2.45) is 13.0 Å². The third-order valence-electron chi connectivity index (χ3n) is 3.32. The molecule has 0 aliphatic carbocycles. The molecule has 114 valence electrons. The van der Waals surface area contributed by atoms with E-state index in [9.17, 15) is 9.90 Å². The van der Waals surface area contributed by atoms with Crippen LogP contribution in [0.4, 0.5) is 0 Å². The number of aliphatic hydroxyl groups is 1. The van der Waals surface area contributed by atoms with Gasteiger partial charge in [0.2, 0.25) is 0 Å². The summed E-state index contributed by atoms with van der Waals surface area (Å²) in [7, 11) is 1.84. The first-order chi connectivity index (χ1) is 9.32. The molecule has 1 aromatic rings. The first-order valence-electron chi connectivity index (χ1n) is 6.90. The topological polar surface area (TPSA) is 76.4 Å². The number of hydrogen-bond donors (Lipinski definition) is 2. The van der Waals surface area contributed by atoms with Crippen molar-refractivity contribution in [3.8, 4) is 5.75 Å². The van der Waals surface area contributed by atoms with Crippen molar-refractivity contribution < 1.29 is 14.6 Å². The fourth-order valence-corrected chi connectivity index (χ4v) is 1.84. The van der Waals surface area contributed by atoms with Crippen LogP contribution >= 0.6 is 0 Å². The van der Waals surface area contributed by atoms with E-state index in [0.717, 1.165) is 11.4 Å². The number of nitrogens with one attached hydrogen (secondary N) is 1. The van der Waals surface area contributed by atoms with Gasteiger partial charge in [0, 0.05) is 13.6 Å². The van der Waals surface area contributed by atoms with Gasteiger partial charge in [-0.1, -0.05) is 13.8 Å². The molecule has 20 heavy (non-hydrogen) atoms. The lowest BCUT2D eigenvalue weighted by Crippen LogP contribution is -2.32. The number of carbonyl (C=O) groups is 1. The Morgan fingerprint density at radius 3 is 2.60 bits per heavy atom. The molecule has 0 spiro atoms. The molecule has 0 saturated carbocycles. The number of ether oxygens (including phenoxy) is 1. The van der Waals surface area contributed by atoms with Gasteiger partial charge < -0.3 is 15.2 Å². The molecular formula is C14H25N3O3. The highest BCUT2D eigenvalue weighted by Gasteiger charge is 2.13. The van der Waals surface area contributed by atoms with E-state index in [1.54, 1.807) is 4.68 Å². The molecule has 1 heterocycles. The van der Waals surface area contributed by atoms with Crippen molar-refractivity contribution >= 4 is 5.91 Å². The summed E-state index contributed by atoms with van der Waals surface area (Å²) in [6.45, 7) is 8.05. The van der Waals surface area contributed by atoms with Crippen LogP contribution in [0.5, 0.6) is 5.75 Å². The minimum absolute atomic E-state index is 0.0366. The third kappa shape index (κ3) is 4.52. The van der Waals surface area contributed by atoms with Crippen molar-refractivity contribution in [2.45, 2.75) is 40.2 Å². The molecule has 0 fully saturated rings. The number of nitrogens with zero attached hydrogens (tertiary/aromatic N) is 2. The summed E-state index contributed by atoms with van der Waals surface area (Å²) in [4.78, 5) is 11.7. The van der Waals surface area contributed by atoms with Crippen molar-refractivity contribution in [2.75, 3.05) is 13.2 Å². The molecule has 1 unspecified atom stereocenters. The zero-order chi connectivity index (χ0) is 15.3. The first-order valence-corrected chi connectivity index (χ1v) is 6.90. The SMILES string of the molecule is Cc1nn(C)c(C)c1OCC(=O)NCCC(O)C(C)C. The van der Waals surface area contributed by atoms with E-state index in [1.807, 2.05) is 34.7 Å². The average Bonchev–Trinajstić information content (AvgIpc) is 2.61. The van der Waals surface area contributed by atoms with Gasteiger partial charge in [0.05, 0.1) is 11.8 Å². The van der Waals surface area contributed by atoms with Gasteiger partial charge in [-0.25, -0.2) is 0 Å². The van der Waals surface area contributed by atoms with E-state index in [0.29, 0.717) is 18.7 Å². The molecule has 1 atom stereocenters. The lowest BCUT2D eigenvalue weighted by Gasteiger charge is -2.14. The minimum Gasteiger partial charge on any atom is -0.480 e. The van der Waals surface area contributed by atoms with Crippen molar-refractivity contribution in [3.05, 3.63) is 11.4 Å². The van der Waals surface area contributed by atoms with Gasteiger partial charge in [-0.2, -0.15) is 5.10 Å². The number of hydrogen-bond acceptors (Lipinski definition) is 4. The highest BCUT2D eigenvalue weighted by atomic mass is 16.5. The van der Waals surface area contributed by atoms with Crippen LogP contribution in [0.2, 0.25) is 0 Å². The van der Waals surface area contributed by atoms with Gasteiger partial charge in [-0.05, 0) is 26.2 Å². The smallest absolute Gasteiger partial charge is 0.257 e. The van der Waals surface area contributed by atoms with Crippen molar-refractivity contribution in [1.82, 2.24) is 15.1 Å². The van der Waals surface area contributed by atoms with E-state index in [-0.39, 0.29) is 24.5 Å². The van der Waals surface area contributed by atoms with Crippen LogP contribution in [-0.4, -0.2) is 40.0 Å². The summed E-state index contributed by atoms with van der Waals surface area (Å²) < 4.78 is 7.22. The van der Waals surface area contributed by atoms with E-state index >= 15 is 0 Å². The second-order valence-corrected chi connectivity index (χ2v) is 5.36. The molecule has 1 aromatic heterocycles. The number of aryl methyl sites for hydroxylation is 2. The lowest BCUT2D eigenvalue weighted by atomic mass is 10.0. The molecular weight excluding hydrogens is 258 g/mol. The second-order valence-electron chi connectivity index (χ2n) is 5.36. The average molecular weight is 283 g/mol. The summed E-state index contributed by atoms with van der Waals surface area (Å²) in [6, 6.07) is 0. The van der Waals surface area contributed by atoms with Crippen LogP contribution in [0.25, 0.3) is 0 Å². The molecule has 2 N–H and O–H groups in total. The normalized spacial score (nSPS) is 12.6. The summed E-state index contributed by atoms with van der Waals surface area (Å²) in [5, 5.41) is 16.6. The fraction of sp³-hybridized carbons (Fsp3) is 0.714. The lowest BCUT2D eigenvalue weighted by molar-refractivity contribution is -0.123. The zero-order valence-corrected chi connectivity index (χ0v) is 12.9. The summed E-state index contributed by atoms with van der Waals surface area (Å²) in [6.07, 6.45) is 0.160. The molecule has 1 rings (SSSR count). The van der Waals surface area contributed by atoms with E-state index in [2.05, 4.69) is 10.4 Å². The van der Waals surface area contributed by atoms with Crippen molar-refractivity contribution in [1.29, 1.82) is 0 Å². The number of aliphatic hydroxyl groups excluding tert-OH is 1. The molecule has 0 aliphatic rings. The maximum absolute atomic E-state index is 11.7. The van der Waals surface area contributed by atoms with Gasteiger partial charge in [0.25, 0.3) is 5.91 Å². The van der Waals surface area contributed by atoms with E-state index < -0.39 is 0 Å². The van der Waals surface area contributed by atoms with E-state index in [1.165, 1.54) is 0 Å². The van der Waals surface area contributed by atoms with Crippen LogP contribution < -0.4 is 10.1 Å². The minimum atomic E-state index is -0.390. The second kappa shape index (κ2) is 7.28. The molecule has 6 heteroatoms. The quantitative estimate of drug-likeness (QED) is 0.781. The first kappa shape index (κ1) is 16.5. The molecule has 6 nitrogen and oxygen atoms in total. The summed E-state index contributed by atoms with van der Waals surface area (Å²) in [5.41, 5.74) is 1.67. The Balaban J connectivity index is 2.33. The highest BCUT2D eigenvalue weighted by molar-refractivity contribution is 5.77. The molecule has 0 saturated heterocycles. The van der Waals surface area contributed by atoms with Crippen LogP contribution in [0, 0.1) is 19.8 Å². The van der Waals surface area contributed by atoms with E-state index in [4.69, 9.17) is 4.74 Å². The summed E-state index contributed by atoms with van der Waals surface area (Å²) >= 11 is 0. The highest BCUT2D eigenvalue weighted by Crippen LogP contribution is 2.20. The molecule has 1 amide bonds. The van der Waals surface area contributed by atoms with Crippen LogP contribution in [-0.2, 0) is 11.8 Å². The largest absolute Gasteiger partial charge is 0.480 e. The van der Waals surface area contributed by atoms with Gasteiger partial charge in [-0.3, -0.25) is 9.48 Å². The molecule has 0 bridgehead atoms. The fourth-order valence-electron chi connectivity index (χ4n) is 1.84. The predicted molar refractivity (Wildman–Crippen MR) is 76.6 cm³/mol. The Hall–Kier alpha value is -1.56. The Morgan fingerprint density at radius 1 is 1.45 bits per heavy atom. The molecule has 0 radical (unpaired) electrons. The molecule has 0 aromatic carbocycles. The maximum atomic E-state index is 11.7. The Labute approximate surface area is 120 Å². The number of carbonyl (C=O) groups excluding carboxylic acids is 1. The number of amides is 1. The number of aromatic nitrogens is 2. The standard InChI is InChI=1S/C14H25N3O3/c1-9(2)12(18)6-7-15-13(19)8-20-14-10(3)16-17(5)11(14)4/h9,12,18H,6-8H2,1-5H3,(H,15,19). The van der Waals surface area contributed by atoms with Gasteiger partial charge in [-0.15, -0.1) is 0 Å². The Morgan fingerprint density at radius 2 is 2.10 bits per heavy atom. The zero-order valence-electron chi connectivity index (χ0n) is 12.9. The van der Waals surface area contributed by atoms with Gasteiger partial charge in [0.15, 0.2) is 12.4 Å². The van der Waals surface area contributed by atoms with Gasteiger partial charge >= 0.3 is 0 Å². The Bertz CT molecular complexity index is 455. The monoisotopic (exact) mass is 283 g/mol. The van der Waals surface area contributed by atoms with Crippen LogP contribution in [0.15, 0.2) is 0 Å². The van der Waals surface area contributed by atoms with Crippen LogP contribution in [0.1, 0.15) is 31.7 Å². The van der Waals surface area contributed by atoms with Crippen LogP contribution in [0.3, 0.4) is 0 Å². The predicted octanol–water partition coefficient (Wildman–Crippen LogP) is 0.939. The van der Waals surface area contributed by atoms with Crippen molar-refractivity contribution in [3.63, 3.8) is 0 Å². The Kier molecular flexibility index (Phi) is 6.01.